The zero-order chi connectivity index (χ0) is 21.9. The molecule has 32 heavy (non-hydrogen) atoms. The van der Waals surface area contributed by atoms with Crippen molar-refractivity contribution in [1.29, 1.82) is 0 Å². The maximum Gasteiger partial charge on any atom is 0.248 e. The molecule has 9 nitrogen and oxygen atoms in total. The van der Waals surface area contributed by atoms with Crippen LogP contribution in [0.5, 0.6) is 17.2 Å². The van der Waals surface area contributed by atoms with Crippen molar-refractivity contribution in [3.05, 3.63) is 66.7 Å². The normalized spacial score (nSPS) is 11.9. The van der Waals surface area contributed by atoms with Crippen LogP contribution in [0.15, 0.2) is 66.7 Å². The molecule has 0 bridgehead atoms. The standard InChI is InChI=1S/C23H19N5O4/c1-30-19-9-6-16(7-10-19)15-2-4-17(5-3-15)23-25-27-28(26-23)13-22(29)24-18-8-11-20-21(12-18)32-14-31-20/h2-12H,13-14H2,1H3,(H,24,29). The third-order valence-corrected chi connectivity index (χ3v) is 4.96. The summed E-state index contributed by atoms with van der Waals surface area (Å²) < 4.78 is 15.8. The van der Waals surface area contributed by atoms with Crippen LogP contribution in [0.1, 0.15) is 0 Å². The topological polar surface area (TPSA) is 100 Å². The fraction of sp³-hybridized carbons (Fsp3) is 0.130. The fourth-order valence-corrected chi connectivity index (χ4v) is 3.32. The third-order valence-electron chi connectivity index (χ3n) is 4.96. The van der Waals surface area contributed by atoms with Crippen LogP contribution < -0.4 is 19.5 Å². The van der Waals surface area contributed by atoms with E-state index < -0.39 is 0 Å². The van der Waals surface area contributed by atoms with Crippen LogP contribution in [0, 0.1) is 0 Å². The van der Waals surface area contributed by atoms with Crippen LogP contribution >= 0.6 is 0 Å². The van der Waals surface area contributed by atoms with E-state index in [4.69, 9.17) is 14.2 Å². The van der Waals surface area contributed by atoms with Crippen molar-refractivity contribution in [2.45, 2.75) is 6.54 Å². The number of ether oxygens (including phenoxy) is 3. The van der Waals surface area contributed by atoms with Crippen molar-refractivity contribution in [1.82, 2.24) is 20.2 Å². The maximum atomic E-state index is 12.4. The second-order valence-corrected chi connectivity index (χ2v) is 7.07. The molecule has 1 aliphatic rings. The number of benzene rings is 3. The predicted molar refractivity (Wildman–Crippen MR) is 116 cm³/mol. The van der Waals surface area contributed by atoms with Gasteiger partial charge < -0.3 is 19.5 Å². The third kappa shape index (κ3) is 4.08. The number of anilines is 1. The summed E-state index contributed by atoms with van der Waals surface area (Å²) >= 11 is 0. The molecule has 1 aliphatic heterocycles. The Kier molecular flexibility index (Phi) is 5.12. The van der Waals surface area contributed by atoms with Gasteiger partial charge in [-0.2, -0.15) is 4.80 Å². The van der Waals surface area contributed by atoms with Crippen LogP contribution in [0.4, 0.5) is 5.69 Å². The highest BCUT2D eigenvalue weighted by atomic mass is 16.7. The van der Waals surface area contributed by atoms with E-state index in [1.807, 2.05) is 48.5 Å². The first-order valence-corrected chi connectivity index (χ1v) is 9.90. The Hall–Kier alpha value is -4.40. The Morgan fingerprint density at radius 3 is 2.41 bits per heavy atom. The number of tetrazole rings is 1. The van der Waals surface area contributed by atoms with Gasteiger partial charge in [0.1, 0.15) is 12.3 Å². The molecule has 0 spiro atoms. The average Bonchev–Trinajstić information content (AvgIpc) is 3.48. The van der Waals surface area contributed by atoms with Crippen molar-refractivity contribution >= 4 is 11.6 Å². The lowest BCUT2D eigenvalue weighted by Crippen LogP contribution is -2.20. The minimum atomic E-state index is -0.275. The Morgan fingerprint density at radius 1 is 0.969 bits per heavy atom. The molecule has 0 saturated carbocycles. The Bertz CT molecular complexity index is 1250. The van der Waals surface area contributed by atoms with E-state index in [1.54, 1.807) is 25.3 Å². The van der Waals surface area contributed by atoms with Gasteiger partial charge in [0, 0.05) is 17.3 Å². The van der Waals surface area contributed by atoms with E-state index in [-0.39, 0.29) is 19.2 Å². The zero-order valence-electron chi connectivity index (χ0n) is 17.2. The average molecular weight is 429 g/mol. The number of aromatic nitrogens is 4. The summed E-state index contributed by atoms with van der Waals surface area (Å²) in [6.07, 6.45) is 0. The first-order valence-electron chi connectivity index (χ1n) is 9.90. The van der Waals surface area contributed by atoms with Crippen LogP contribution in [-0.2, 0) is 11.3 Å². The molecule has 2 heterocycles. The van der Waals surface area contributed by atoms with Crippen molar-refractivity contribution in [2.24, 2.45) is 0 Å². The molecular formula is C23H19N5O4. The highest BCUT2D eigenvalue weighted by Gasteiger charge is 2.15. The molecule has 0 atom stereocenters. The van der Waals surface area contributed by atoms with Crippen molar-refractivity contribution in [3.63, 3.8) is 0 Å². The molecule has 0 fully saturated rings. The molecule has 4 aromatic rings. The number of amides is 1. The summed E-state index contributed by atoms with van der Waals surface area (Å²) in [7, 11) is 1.64. The maximum absolute atomic E-state index is 12.4. The van der Waals surface area contributed by atoms with Crippen molar-refractivity contribution < 1.29 is 19.0 Å². The molecule has 160 valence electrons. The predicted octanol–water partition coefficient (Wildman–Crippen LogP) is 3.38. The second-order valence-electron chi connectivity index (χ2n) is 7.07. The number of carbonyl (C=O) groups excluding carboxylic acids is 1. The van der Waals surface area contributed by atoms with Gasteiger partial charge in [0.25, 0.3) is 0 Å². The second kappa shape index (κ2) is 8.38. The fourth-order valence-electron chi connectivity index (χ4n) is 3.32. The molecule has 0 saturated heterocycles. The number of fused-ring (bicyclic) bond motifs is 1. The van der Waals surface area contributed by atoms with E-state index in [2.05, 4.69) is 20.7 Å². The Labute approximate surface area is 183 Å². The van der Waals surface area contributed by atoms with Crippen molar-refractivity contribution in [2.75, 3.05) is 19.2 Å². The molecule has 1 amide bonds. The van der Waals surface area contributed by atoms with Crippen LogP contribution in [0.3, 0.4) is 0 Å². The van der Waals surface area contributed by atoms with Crippen LogP contribution in [-0.4, -0.2) is 40.0 Å². The minimum Gasteiger partial charge on any atom is -0.497 e. The first kappa shape index (κ1) is 19.6. The van der Waals surface area contributed by atoms with E-state index in [1.165, 1.54) is 4.80 Å². The molecule has 0 unspecified atom stereocenters. The molecule has 5 rings (SSSR count). The summed E-state index contributed by atoms with van der Waals surface area (Å²) in [5, 5.41) is 15.2. The van der Waals surface area contributed by atoms with E-state index in [0.717, 1.165) is 22.4 Å². The van der Waals surface area contributed by atoms with Gasteiger partial charge in [0.15, 0.2) is 11.5 Å². The van der Waals surface area contributed by atoms with Gasteiger partial charge in [0.05, 0.1) is 7.11 Å². The number of methoxy groups -OCH3 is 1. The lowest BCUT2D eigenvalue weighted by Gasteiger charge is -2.05. The lowest BCUT2D eigenvalue weighted by atomic mass is 10.0. The molecule has 1 N–H and O–H groups in total. The van der Waals surface area contributed by atoms with Gasteiger partial charge >= 0.3 is 0 Å². The summed E-state index contributed by atoms with van der Waals surface area (Å²) in [5.41, 5.74) is 3.56. The Morgan fingerprint density at radius 2 is 1.66 bits per heavy atom. The molecular weight excluding hydrogens is 410 g/mol. The van der Waals surface area contributed by atoms with E-state index in [9.17, 15) is 4.79 Å². The van der Waals surface area contributed by atoms with Gasteiger partial charge in [-0.25, -0.2) is 0 Å². The zero-order valence-corrected chi connectivity index (χ0v) is 17.2. The summed E-state index contributed by atoms with van der Waals surface area (Å²) in [4.78, 5) is 13.6. The quantitative estimate of drug-likeness (QED) is 0.501. The Balaban J connectivity index is 1.23. The highest BCUT2D eigenvalue weighted by Crippen LogP contribution is 2.34. The van der Waals surface area contributed by atoms with Gasteiger partial charge in [0.2, 0.25) is 18.5 Å². The van der Waals surface area contributed by atoms with E-state index >= 15 is 0 Å². The summed E-state index contributed by atoms with van der Waals surface area (Å²) in [6, 6.07) is 20.9. The number of carbonyl (C=O) groups is 1. The highest BCUT2D eigenvalue weighted by molar-refractivity contribution is 5.90. The van der Waals surface area contributed by atoms with Crippen LogP contribution in [0.25, 0.3) is 22.5 Å². The van der Waals surface area contributed by atoms with E-state index in [0.29, 0.717) is 23.0 Å². The summed E-state index contributed by atoms with van der Waals surface area (Å²) in [6.45, 7) is 0.116. The molecule has 0 aliphatic carbocycles. The lowest BCUT2D eigenvalue weighted by molar-refractivity contribution is -0.117. The first-order chi connectivity index (χ1) is 15.7. The molecule has 3 aromatic carbocycles. The SMILES string of the molecule is COc1ccc(-c2ccc(-c3nnn(CC(=O)Nc4ccc5c(c4)OCO5)n3)cc2)cc1. The number of hydrogen-bond acceptors (Lipinski definition) is 7. The minimum absolute atomic E-state index is 0.0641. The number of rotatable bonds is 6. The molecule has 0 radical (unpaired) electrons. The van der Waals surface area contributed by atoms with Crippen LogP contribution in [0.2, 0.25) is 0 Å². The number of hydrogen-bond donors (Lipinski definition) is 1. The van der Waals surface area contributed by atoms with Crippen molar-refractivity contribution in [3.8, 4) is 39.8 Å². The molecule has 9 heteroatoms. The monoisotopic (exact) mass is 429 g/mol. The van der Waals surface area contributed by atoms with Gasteiger partial charge in [-0.1, -0.05) is 36.4 Å². The smallest absolute Gasteiger partial charge is 0.248 e. The number of nitrogens with one attached hydrogen (secondary N) is 1. The summed E-state index contributed by atoms with van der Waals surface area (Å²) in [5.74, 6) is 2.24. The van der Waals surface area contributed by atoms with Gasteiger partial charge in [-0.3, -0.25) is 4.79 Å². The van der Waals surface area contributed by atoms with Gasteiger partial charge in [-0.15, -0.1) is 10.2 Å². The largest absolute Gasteiger partial charge is 0.497 e. The van der Waals surface area contributed by atoms with Gasteiger partial charge in [-0.05, 0) is 40.6 Å². The molecule has 1 aromatic heterocycles. The number of nitrogens with zero attached hydrogens (tertiary/aromatic N) is 4.